The van der Waals surface area contributed by atoms with E-state index in [2.05, 4.69) is 19.7 Å². The molecule has 0 bridgehead atoms. The number of aryl methyl sites for hydroxylation is 1. The van der Waals surface area contributed by atoms with Crippen LogP contribution >= 0.6 is 0 Å². The summed E-state index contributed by atoms with van der Waals surface area (Å²) in [6, 6.07) is 8.97. The second kappa shape index (κ2) is 7.68. The zero-order valence-electron chi connectivity index (χ0n) is 17.0. The Morgan fingerprint density at radius 2 is 1.37 bits per heavy atom. The standard InChI is InChI=1S/C22H22F3N3O2/c1-14-26-12-17(13-27-14)21(29,20(2,3)4)19-10-7-16(11-28-19)15-5-8-18(9-6-15)30-22(23,24)25/h5-13,29H,1-4H3. The lowest BCUT2D eigenvalue weighted by Gasteiger charge is -2.39. The van der Waals surface area contributed by atoms with Crippen LogP contribution in [0.4, 0.5) is 13.2 Å². The Bertz CT molecular complexity index is 996. The van der Waals surface area contributed by atoms with Crippen molar-refractivity contribution < 1.29 is 23.0 Å². The Hall–Kier alpha value is -3.00. The van der Waals surface area contributed by atoms with Gasteiger partial charge in [-0.05, 0) is 30.7 Å². The van der Waals surface area contributed by atoms with Crippen LogP contribution in [-0.4, -0.2) is 26.4 Å². The van der Waals surface area contributed by atoms with E-state index in [9.17, 15) is 18.3 Å². The quantitative estimate of drug-likeness (QED) is 0.645. The van der Waals surface area contributed by atoms with E-state index >= 15 is 0 Å². The highest BCUT2D eigenvalue weighted by molar-refractivity contribution is 5.63. The molecular weight excluding hydrogens is 395 g/mol. The minimum atomic E-state index is -4.73. The van der Waals surface area contributed by atoms with Crippen molar-refractivity contribution >= 4 is 0 Å². The van der Waals surface area contributed by atoms with E-state index in [1.165, 1.54) is 24.3 Å². The third-order valence-electron chi connectivity index (χ3n) is 4.84. The Kier molecular flexibility index (Phi) is 5.56. The maximum atomic E-state index is 12.3. The maximum Gasteiger partial charge on any atom is 0.573 e. The fraction of sp³-hybridized carbons (Fsp3) is 0.318. The summed E-state index contributed by atoms with van der Waals surface area (Å²) in [5.41, 5.74) is 0.244. The van der Waals surface area contributed by atoms with Crippen molar-refractivity contribution in [2.45, 2.75) is 39.7 Å². The molecule has 8 heteroatoms. The number of rotatable bonds is 4. The van der Waals surface area contributed by atoms with Gasteiger partial charge in [0, 0.05) is 35.1 Å². The minimum absolute atomic E-state index is 0.294. The summed E-state index contributed by atoms with van der Waals surface area (Å²) in [6.07, 6.45) is 0.00758. The SMILES string of the molecule is Cc1ncc(C(O)(c2ccc(-c3ccc(OC(F)(F)F)cc3)cn2)C(C)(C)C)cn1. The summed E-state index contributed by atoms with van der Waals surface area (Å²) in [5.74, 6) is 0.300. The van der Waals surface area contributed by atoms with E-state index in [1.54, 1.807) is 37.6 Å². The lowest BCUT2D eigenvalue weighted by atomic mass is 9.70. The van der Waals surface area contributed by atoms with Crippen LogP contribution < -0.4 is 4.74 Å². The molecule has 0 radical (unpaired) electrons. The van der Waals surface area contributed by atoms with Crippen molar-refractivity contribution in [3.05, 3.63) is 72.1 Å². The molecule has 0 aliphatic carbocycles. The summed E-state index contributed by atoms with van der Waals surface area (Å²) in [7, 11) is 0. The highest BCUT2D eigenvalue weighted by atomic mass is 19.4. The van der Waals surface area contributed by atoms with Crippen LogP contribution in [0.15, 0.2) is 55.0 Å². The lowest BCUT2D eigenvalue weighted by Crippen LogP contribution is -2.42. The van der Waals surface area contributed by atoms with E-state index in [4.69, 9.17) is 0 Å². The van der Waals surface area contributed by atoms with E-state index in [0.717, 1.165) is 0 Å². The first-order valence-corrected chi connectivity index (χ1v) is 9.24. The first-order chi connectivity index (χ1) is 13.9. The molecule has 1 N–H and O–H groups in total. The van der Waals surface area contributed by atoms with Gasteiger partial charge in [0.2, 0.25) is 0 Å². The van der Waals surface area contributed by atoms with Gasteiger partial charge in [-0.3, -0.25) is 4.98 Å². The highest BCUT2D eigenvalue weighted by Gasteiger charge is 2.45. The molecule has 0 saturated carbocycles. The van der Waals surface area contributed by atoms with Gasteiger partial charge in [-0.2, -0.15) is 0 Å². The zero-order chi connectivity index (χ0) is 22.2. The van der Waals surface area contributed by atoms with Crippen molar-refractivity contribution in [1.29, 1.82) is 0 Å². The molecule has 1 atom stereocenters. The first kappa shape index (κ1) is 21.7. The van der Waals surface area contributed by atoms with E-state index in [1.807, 2.05) is 20.8 Å². The monoisotopic (exact) mass is 417 g/mol. The van der Waals surface area contributed by atoms with Gasteiger partial charge >= 0.3 is 6.36 Å². The van der Waals surface area contributed by atoms with E-state index < -0.39 is 17.4 Å². The Morgan fingerprint density at radius 3 is 1.83 bits per heavy atom. The predicted molar refractivity (Wildman–Crippen MR) is 106 cm³/mol. The maximum absolute atomic E-state index is 12.3. The van der Waals surface area contributed by atoms with Crippen LogP contribution in [0.5, 0.6) is 5.75 Å². The molecule has 0 amide bonds. The van der Waals surface area contributed by atoms with Crippen molar-refractivity contribution in [2.75, 3.05) is 0 Å². The second-order valence-electron chi connectivity index (χ2n) is 7.98. The van der Waals surface area contributed by atoms with E-state index in [0.29, 0.717) is 28.2 Å². The van der Waals surface area contributed by atoms with Gasteiger partial charge in [0.05, 0.1) is 5.69 Å². The van der Waals surface area contributed by atoms with Crippen molar-refractivity contribution in [3.63, 3.8) is 0 Å². The molecule has 2 aromatic heterocycles. The Labute approximate surface area is 172 Å². The average molecular weight is 417 g/mol. The number of hydrogen-bond acceptors (Lipinski definition) is 5. The minimum Gasteiger partial charge on any atom is -0.406 e. The summed E-state index contributed by atoms with van der Waals surface area (Å²) in [4.78, 5) is 12.8. The van der Waals surface area contributed by atoms with Crippen LogP contribution in [0.1, 0.15) is 37.9 Å². The molecule has 1 unspecified atom stereocenters. The molecule has 5 nitrogen and oxygen atoms in total. The van der Waals surface area contributed by atoms with Crippen molar-refractivity contribution in [1.82, 2.24) is 15.0 Å². The number of benzene rings is 1. The van der Waals surface area contributed by atoms with Crippen molar-refractivity contribution in [3.8, 4) is 16.9 Å². The summed E-state index contributed by atoms with van der Waals surface area (Å²) >= 11 is 0. The molecule has 0 spiro atoms. The topological polar surface area (TPSA) is 68.1 Å². The summed E-state index contributed by atoms with van der Waals surface area (Å²) in [5, 5.41) is 11.6. The first-order valence-electron chi connectivity index (χ1n) is 9.24. The zero-order valence-corrected chi connectivity index (χ0v) is 17.0. The van der Waals surface area contributed by atoms with Gasteiger partial charge in [0.15, 0.2) is 0 Å². The fourth-order valence-corrected chi connectivity index (χ4v) is 3.17. The Morgan fingerprint density at radius 1 is 0.800 bits per heavy atom. The van der Waals surface area contributed by atoms with Gasteiger partial charge < -0.3 is 9.84 Å². The van der Waals surface area contributed by atoms with Crippen LogP contribution in [0.25, 0.3) is 11.1 Å². The average Bonchev–Trinajstić information content (AvgIpc) is 2.66. The molecule has 0 fully saturated rings. The summed E-state index contributed by atoms with van der Waals surface area (Å²) in [6.45, 7) is 7.43. The molecule has 1 aromatic carbocycles. The number of ether oxygens (including phenoxy) is 1. The molecule has 0 aliphatic heterocycles. The van der Waals surface area contributed by atoms with Crippen molar-refractivity contribution in [2.24, 2.45) is 5.41 Å². The van der Waals surface area contributed by atoms with Crippen LogP contribution in [0.3, 0.4) is 0 Å². The molecule has 0 aliphatic rings. The second-order valence-corrected chi connectivity index (χ2v) is 7.98. The van der Waals surface area contributed by atoms with Crippen LogP contribution in [0.2, 0.25) is 0 Å². The van der Waals surface area contributed by atoms with Gasteiger partial charge in [-0.15, -0.1) is 13.2 Å². The fourth-order valence-electron chi connectivity index (χ4n) is 3.17. The number of halogens is 3. The van der Waals surface area contributed by atoms with Gasteiger partial charge in [-0.25, -0.2) is 9.97 Å². The third kappa shape index (κ3) is 4.43. The lowest BCUT2D eigenvalue weighted by molar-refractivity contribution is -0.274. The number of alkyl halides is 3. The molecule has 30 heavy (non-hydrogen) atoms. The highest BCUT2D eigenvalue weighted by Crippen LogP contribution is 2.43. The van der Waals surface area contributed by atoms with Gasteiger partial charge in [0.1, 0.15) is 17.2 Å². The molecular formula is C22H22F3N3O2. The largest absolute Gasteiger partial charge is 0.573 e. The van der Waals surface area contributed by atoms with Crippen LogP contribution in [-0.2, 0) is 5.60 Å². The smallest absolute Gasteiger partial charge is 0.406 e. The molecule has 3 aromatic rings. The van der Waals surface area contributed by atoms with Gasteiger partial charge in [0.25, 0.3) is 0 Å². The Balaban J connectivity index is 1.93. The number of pyridine rings is 1. The molecule has 0 saturated heterocycles. The van der Waals surface area contributed by atoms with Crippen LogP contribution in [0, 0.1) is 12.3 Å². The predicted octanol–water partition coefficient (Wildman–Crippen LogP) is 5.03. The number of hydrogen-bond donors (Lipinski definition) is 1. The summed E-state index contributed by atoms with van der Waals surface area (Å²) < 4.78 is 40.8. The molecule has 158 valence electrons. The number of aliphatic hydroxyl groups is 1. The normalized spacial score (nSPS) is 14.3. The molecule has 3 rings (SSSR count). The van der Waals surface area contributed by atoms with E-state index in [-0.39, 0.29) is 5.75 Å². The third-order valence-corrected chi connectivity index (χ3v) is 4.84. The van der Waals surface area contributed by atoms with Gasteiger partial charge in [-0.1, -0.05) is 39.0 Å². The number of nitrogens with zero attached hydrogens (tertiary/aromatic N) is 3. The number of aromatic nitrogens is 3. The molecule has 2 heterocycles.